The summed E-state index contributed by atoms with van der Waals surface area (Å²) in [6.07, 6.45) is 0. The Kier molecular flexibility index (Phi) is 3.90. The van der Waals surface area contributed by atoms with Crippen molar-refractivity contribution in [1.29, 1.82) is 0 Å². The number of carbonyl (C=O) groups is 1. The van der Waals surface area contributed by atoms with E-state index in [1.807, 2.05) is 45.0 Å². The number of H-pyrrole nitrogens is 1. The molecule has 2 aromatic rings. The van der Waals surface area contributed by atoms with Gasteiger partial charge in [0.2, 0.25) is 0 Å². The van der Waals surface area contributed by atoms with Crippen LogP contribution in [0.15, 0.2) is 30.3 Å². The lowest BCUT2D eigenvalue weighted by molar-refractivity contribution is 0.00628. The Morgan fingerprint density at radius 2 is 2.05 bits per heavy atom. The number of rotatable bonds is 3. The Morgan fingerprint density at radius 3 is 2.70 bits per heavy atom. The molecule has 0 radical (unpaired) electrons. The highest BCUT2D eigenvalue weighted by Crippen LogP contribution is 2.22. The van der Waals surface area contributed by atoms with E-state index in [-0.39, 0.29) is 0 Å². The first-order valence-corrected chi connectivity index (χ1v) is 6.48. The molecule has 5 nitrogen and oxygen atoms in total. The second-order valence-corrected chi connectivity index (χ2v) is 5.53. The molecule has 0 aliphatic heterocycles. The molecule has 0 unspecified atom stereocenters. The third-order valence-electron chi connectivity index (χ3n) is 2.71. The molecule has 20 heavy (non-hydrogen) atoms. The molecule has 0 atom stereocenters. The summed E-state index contributed by atoms with van der Waals surface area (Å²) in [5.74, 6) is -0.415. The lowest BCUT2D eigenvalue weighted by atomic mass is 10.0. The van der Waals surface area contributed by atoms with E-state index in [1.54, 1.807) is 6.07 Å². The van der Waals surface area contributed by atoms with Crippen LogP contribution >= 0.6 is 0 Å². The Hall–Kier alpha value is -2.14. The number of nitrogens with two attached hydrogens (primary N) is 1. The van der Waals surface area contributed by atoms with Crippen LogP contribution in [0.2, 0.25) is 0 Å². The predicted molar refractivity (Wildman–Crippen MR) is 77.1 cm³/mol. The fourth-order valence-electron chi connectivity index (χ4n) is 1.85. The Morgan fingerprint density at radius 1 is 1.35 bits per heavy atom. The maximum absolute atomic E-state index is 11.9. The summed E-state index contributed by atoms with van der Waals surface area (Å²) in [6.45, 7) is 5.90. The predicted octanol–water partition coefficient (Wildman–Crippen LogP) is 2.49. The van der Waals surface area contributed by atoms with Crippen molar-refractivity contribution in [2.45, 2.75) is 32.9 Å². The molecular formula is C15H19N3O2. The van der Waals surface area contributed by atoms with Crippen molar-refractivity contribution in [3.63, 3.8) is 0 Å². The quantitative estimate of drug-likeness (QED) is 0.842. The number of hydrogen-bond acceptors (Lipinski definition) is 4. The monoisotopic (exact) mass is 273 g/mol. The van der Waals surface area contributed by atoms with E-state index < -0.39 is 11.6 Å². The van der Waals surface area contributed by atoms with E-state index in [0.29, 0.717) is 17.9 Å². The smallest absolute Gasteiger partial charge is 0.356 e. The van der Waals surface area contributed by atoms with Gasteiger partial charge in [-0.25, -0.2) is 4.79 Å². The van der Waals surface area contributed by atoms with E-state index in [2.05, 4.69) is 10.2 Å². The molecule has 0 aliphatic carbocycles. The first kappa shape index (κ1) is 14.3. The Bertz CT molecular complexity index is 612. The molecule has 0 amide bonds. The van der Waals surface area contributed by atoms with Gasteiger partial charge in [0.1, 0.15) is 11.3 Å². The third-order valence-corrected chi connectivity index (χ3v) is 2.71. The fraction of sp³-hybridized carbons (Fsp3) is 0.333. The van der Waals surface area contributed by atoms with Gasteiger partial charge in [-0.15, -0.1) is 0 Å². The summed E-state index contributed by atoms with van der Waals surface area (Å²) >= 11 is 0. The second kappa shape index (κ2) is 5.46. The molecule has 0 spiro atoms. The van der Waals surface area contributed by atoms with Gasteiger partial charge in [0.25, 0.3) is 0 Å². The lowest BCUT2D eigenvalue weighted by Crippen LogP contribution is -2.24. The van der Waals surface area contributed by atoms with Crippen LogP contribution in [0.3, 0.4) is 0 Å². The van der Waals surface area contributed by atoms with Gasteiger partial charge in [0.05, 0.1) is 5.69 Å². The first-order valence-electron chi connectivity index (χ1n) is 6.48. The highest BCUT2D eigenvalue weighted by atomic mass is 16.6. The van der Waals surface area contributed by atoms with Crippen LogP contribution in [-0.2, 0) is 11.3 Å². The van der Waals surface area contributed by atoms with Gasteiger partial charge >= 0.3 is 5.97 Å². The van der Waals surface area contributed by atoms with Gasteiger partial charge in [-0.05, 0) is 32.4 Å². The highest BCUT2D eigenvalue weighted by molar-refractivity contribution is 5.89. The molecule has 5 heteroatoms. The molecule has 1 aromatic carbocycles. The van der Waals surface area contributed by atoms with Gasteiger partial charge in [-0.2, -0.15) is 5.10 Å². The molecule has 2 rings (SSSR count). The van der Waals surface area contributed by atoms with Gasteiger partial charge < -0.3 is 10.5 Å². The van der Waals surface area contributed by atoms with Crippen molar-refractivity contribution in [2.75, 3.05) is 0 Å². The van der Waals surface area contributed by atoms with E-state index in [9.17, 15) is 4.79 Å². The standard InChI is InChI=1S/C15H19N3O2/c1-15(2,3)20-14(19)13-8-12(17-18-13)11-7-5-4-6-10(11)9-16/h4-8H,9,16H2,1-3H3,(H,17,18). The van der Waals surface area contributed by atoms with Crippen molar-refractivity contribution < 1.29 is 9.53 Å². The van der Waals surface area contributed by atoms with Crippen molar-refractivity contribution in [3.8, 4) is 11.3 Å². The summed E-state index contributed by atoms with van der Waals surface area (Å²) in [5, 5.41) is 6.88. The second-order valence-electron chi connectivity index (χ2n) is 5.53. The highest BCUT2D eigenvalue weighted by Gasteiger charge is 2.20. The molecule has 0 saturated heterocycles. The summed E-state index contributed by atoms with van der Waals surface area (Å²) in [6, 6.07) is 9.39. The number of esters is 1. The number of ether oxygens (including phenoxy) is 1. The zero-order chi connectivity index (χ0) is 14.8. The van der Waals surface area contributed by atoms with Crippen LogP contribution in [-0.4, -0.2) is 21.8 Å². The van der Waals surface area contributed by atoms with Gasteiger partial charge in [-0.3, -0.25) is 5.10 Å². The molecular weight excluding hydrogens is 254 g/mol. The number of carbonyl (C=O) groups excluding carboxylic acids is 1. The molecule has 0 fully saturated rings. The number of nitrogens with one attached hydrogen (secondary N) is 1. The SMILES string of the molecule is CC(C)(C)OC(=O)c1cc(-c2ccccc2CN)n[nH]1. The first-order chi connectivity index (χ1) is 9.40. The molecule has 1 aromatic heterocycles. The van der Waals surface area contributed by atoms with Crippen molar-refractivity contribution in [1.82, 2.24) is 10.2 Å². The molecule has 0 aliphatic rings. The third kappa shape index (κ3) is 3.24. The molecule has 106 valence electrons. The topological polar surface area (TPSA) is 81.0 Å². The Balaban J connectivity index is 2.27. The summed E-state index contributed by atoms with van der Waals surface area (Å²) < 4.78 is 5.29. The average Bonchev–Trinajstić information content (AvgIpc) is 2.86. The minimum absolute atomic E-state index is 0.335. The van der Waals surface area contributed by atoms with Crippen LogP contribution < -0.4 is 5.73 Å². The number of benzene rings is 1. The van der Waals surface area contributed by atoms with E-state index in [1.165, 1.54) is 0 Å². The van der Waals surface area contributed by atoms with Gasteiger partial charge in [-0.1, -0.05) is 24.3 Å². The van der Waals surface area contributed by atoms with E-state index in [4.69, 9.17) is 10.5 Å². The molecule has 3 N–H and O–H groups in total. The summed E-state index contributed by atoms with van der Waals surface area (Å²) in [5.41, 5.74) is 8.10. The maximum Gasteiger partial charge on any atom is 0.356 e. The minimum atomic E-state index is -0.530. The summed E-state index contributed by atoms with van der Waals surface area (Å²) in [7, 11) is 0. The van der Waals surface area contributed by atoms with E-state index in [0.717, 1.165) is 11.1 Å². The zero-order valence-corrected chi connectivity index (χ0v) is 11.9. The number of aromatic amines is 1. The lowest BCUT2D eigenvalue weighted by Gasteiger charge is -2.18. The molecule has 1 heterocycles. The Labute approximate surface area is 118 Å². The largest absolute Gasteiger partial charge is 0.455 e. The van der Waals surface area contributed by atoms with Crippen LogP contribution in [0.1, 0.15) is 36.8 Å². The maximum atomic E-state index is 11.9. The number of aromatic nitrogens is 2. The van der Waals surface area contributed by atoms with Crippen LogP contribution in [0, 0.1) is 0 Å². The summed E-state index contributed by atoms with van der Waals surface area (Å²) in [4.78, 5) is 11.9. The van der Waals surface area contributed by atoms with Crippen molar-refractivity contribution in [3.05, 3.63) is 41.6 Å². The number of nitrogens with zero attached hydrogens (tertiary/aromatic N) is 1. The van der Waals surface area contributed by atoms with Gasteiger partial charge in [0.15, 0.2) is 0 Å². The molecule has 0 saturated carbocycles. The van der Waals surface area contributed by atoms with E-state index >= 15 is 0 Å². The number of hydrogen-bond donors (Lipinski definition) is 2. The fourth-order valence-corrected chi connectivity index (χ4v) is 1.85. The zero-order valence-electron chi connectivity index (χ0n) is 11.9. The van der Waals surface area contributed by atoms with Crippen LogP contribution in [0.5, 0.6) is 0 Å². The normalized spacial score (nSPS) is 11.4. The van der Waals surface area contributed by atoms with Gasteiger partial charge in [0, 0.05) is 12.1 Å². The molecule has 0 bridgehead atoms. The van der Waals surface area contributed by atoms with Crippen molar-refractivity contribution >= 4 is 5.97 Å². The van der Waals surface area contributed by atoms with Crippen molar-refractivity contribution in [2.24, 2.45) is 5.73 Å². The van der Waals surface area contributed by atoms with Crippen LogP contribution in [0.4, 0.5) is 0 Å². The average molecular weight is 273 g/mol. The van der Waals surface area contributed by atoms with Crippen LogP contribution in [0.25, 0.3) is 11.3 Å². The minimum Gasteiger partial charge on any atom is -0.455 e.